The summed E-state index contributed by atoms with van der Waals surface area (Å²) in [4.78, 5) is 8.73. The van der Waals surface area contributed by atoms with Crippen LogP contribution in [0.2, 0.25) is 0 Å². The van der Waals surface area contributed by atoms with Gasteiger partial charge in [-0.2, -0.15) is 0 Å². The molecular formula is C13H17N3OS. The summed E-state index contributed by atoms with van der Waals surface area (Å²) < 4.78 is 5.58. The van der Waals surface area contributed by atoms with Crippen LogP contribution in [-0.4, -0.2) is 16.0 Å². The molecule has 0 aliphatic carbocycles. The summed E-state index contributed by atoms with van der Waals surface area (Å²) in [6.07, 6.45) is 1.78. The predicted octanol–water partition coefficient (Wildman–Crippen LogP) is 2.87. The molecule has 0 saturated carbocycles. The van der Waals surface area contributed by atoms with E-state index in [1.165, 1.54) is 11.8 Å². The van der Waals surface area contributed by atoms with Crippen molar-refractivity contribution in [3.05, 3.63) is 41.5 Å². The third-order valence-electron chi connectivity index (χ3n) is 2.69. The van der Waals surface area contributed by atoms with E-state index in [-0.39, 0.29) is 11.3 Å². The largest absolute Gasteiger partial charge is 0.437 e. The Balaban J connectivity index is 2.22. The van der Waals surface area contributed by atoms with Crippen LogP contribution in [0, 0.1) is 13.8 Å². The third kappa shape index (κ3) is 2.91. The first kappa shape index (κ1) is 13.1. The number of aromatic nitrogens is 2. The van der Waals surface area contributed by atoms with Crippen LogP contribution in [0.5, 0.6) is 0 Å². The molecule has 2 unspecified atom stereocenters. The number of pyridine rings is 1. The lowest BCUT2D eigenvalue weighted by atomic mass is 10.2. The fourth-order valence-corrected chi connectivity index (χ4v) is 2.64. The maximum absolute atomic E-state index is 6.03. The molecule has 0 bridgehead atoms. The van der Waals surface area contributed by atoms with E-state index in [0.717, 1.165) is 17.1 Å². The number of thioether (sulfide) groups is 1. The molecule has 0 saturated heterocycles. The molecule has 4 nitrogen and oxygen atoms in total. The van der Waals surface area contributed by atoms with Crippen molar-refractivity contribution >= 4 is 11.8 Å². The highest BCUT2D eigenvalue weighted by Crippen LogP contribution is 2.36. The van der Waals surface area contributed by atoms with Gasteiger partial charge in [-0.05, 0) is 32.9 Å². The summed E-state index contributed by atoms with van der Waals surface area (Å²) >= 11 is 1.52. The van der Waals surface area contributed by atoms with Crippen LogP contribution >= 0.6 is 11.8 Å². The van der Waals surface area contributed by atoms with Crippen molar-refractivity contribution in [1.82, 2.24) is 9.97 Å². The van der Waals surface area contributed by atoms with Gasteiger partial charge in [-0.3, -0.25) is 4.98 Å². The first-order valence-electron chi connectivity index (χ1n) is 5.85. The highest BCUT2D eigenvalue weighted by atomic mass is 32.2. The molecule has 2 heterocycles. The Kier molecular flexibility index (Phi) is 4.04. The van der Waals surface area contributed by atoms with Gasteiger partial charge in [-0.1, -0.05) is 17.8 Å². The van der Waals surface area contributed by atoms with Crippen molar-refractivity contribution < 1.29 is 4.42 Å². The molecule has 0 aliphatic heterocycles. The third-order valence-corrected chi connectivity index (χ3v) is 3.99. The fourth-order valence-electron chi connectivity index (χ4n) is 1.58. The summed E-state index contributed by atoms with van der Waals surface area (Å²) in [7, 11) is 0. The van der Waals surface area contributed by atoms with Crippen LogP contribution < -0.4 is 5.73 Å². The minimum Gasteiger partial charge on any atom is -0.437 e. The molecule has 0 aliphatic rings. The van der Waals surface area contributed by atoms with Crippen molar-refractivity contribution in [1.29, 1.82) is 0 Å². The number of hydrogen-bond acceptors (Lipinski definition) is 5. The number of rotatable bonds is 4. The molecule has 0 fully saturated rings. The van der Waals surface area contributed by atoms with Gasteiger partial charge in [0.05, 0.1) is 16.6 Å². The summed E-state index contributed by atoms with van der Waals surface area (Å²) in [5.74, 6) is 0.849. The Morgan fingerprint density at radius 1 is 1.33 bits per heavy atom. The summed E-state index contributed by atoms with van der Waals surface area (Å²) in [6, 6.07) is 5.80. The Hall–Kier alpha value is -1.33. The van der Waals surface area contributed by atoms with Crippen LogP contribution in [0.4, 0.5) is 0 Å². The van der Waals surface area contributed by atoms with Crippen LogP contribution in [0.1, 0.15) is 29.3 Å². The lowest BCUT2D eigenvalue weighted by Crippen LogP contribution is -2.23. The molecule has 2 N–H and O–H groups in total. The zero-order valence-corrected chi connectivity index (χ0v) is 11.6. The lowest BCUT2D eigenvalue weighted by molar-refractivity contribution is 0.429. The first-order valence-corrected chi connectivity index (χ1v) is 6.73. The SMILES string of the molecule is Cc1nc(SC(c2ccccn2)C(C)N)oc1C. The van der Waals surface area contributed by atoms with E-state index >= 15 is 0 Å². The average molecular weight is 263 g/mol. The van der Waals surface area contributed by atoms with E-state index < -0.39 is 0 Å². The van der Waals surface area contributed by atoms with Crippen molar-refractivity contribution in [2.75, 3.05) is 0 Å². The molecule has 5 heteroatoms. The molecule has 0 spiro atoms. The normalized spacial score (nSPS) is 14.4. The van der Waals surface area contributed by atoms with Gasteiger partial charge in [0.1, 0.15) is 5.76 Å². The van der Waals surface area contributed by atoms with Gasteiger partial charge in [-0.15, -0.1) is 0 Å². The van der Waals surface area contributed by atoms with Gasteiger partial charge in [0.25, 0.3) is 5.22 Å². The highest BCUT2D eigenvalue weighted by molar-refractivity contribution is 7.99. The fraction of sp³-hybridized carbons (Fsp3) is 0.385. The van der Waals surface area contributed by atoms with E-state index in [1.807, 2.05) is 39.0 Å². The highest BCUT2D eigenvalue weighted by Gasteiger charge is 2.21. The van der Waals surface area contributed by atoms with Gasteiger partial charge in [0.2, 0.25) is 0 Å². The van der Waals surface area contributed by atoms with Crippen molar-refractivity contribution in [3.8, 4) is 0 Å². The second kappa shape index (κ2) is 5.54. The smallest absolute Gasteiger partial charge is 0.256 e. The average Bonchev–Trinajstić information content (AvgIpc) is 2.66. The number of aryl methyl sites for hydroxylation is 2. The van der Waals surface area contributed by atoms with Crippen LogP contribution in [0.3, 0.4) is 0 Å². The number of oxazole rings is 1. The zero-order valence-electron chi connectivity index (χ0n) is 10.8. The van der Waals surface area contributed by atoms with Gasteiger partial charge < -0.3 is 10.2 Å². The molecular weight excluding hydrogens is 246 g/mol. The monoisotopic (exact) mass is 263 g/mol. The standard InChI is InChI=1S/C13H17N3OS/c1-8(14)12(11-6-4-5-7-15-11)18-13-16-9(2)10(3)17-13/h4-8,12H,14H2,1-3H3. The van der Waals surface area contributed by atoms with Crippen LogP contribution in [0.25, 0.3) is 0 Å². The van der Waals surface area contributed by atoms with E-state index in [1.54, 1.807) is 6.20 Å². The second-order valence-electron chi connectivity index (χ2n) is 4.27. The van der Waals surface area contributed by atoms with Gasteiger partial charge in [0.15, 0.2) is 0 Å². The molecule has 96 valence electrons. The minimum atomic E-state index is -0.0302. The van der Waals surface area contributed by atoms with Crippen molar-refractivity contribution in [3.63, 3.8) is 0 Å². The molecule has 2 aromatic heterocycles. The van der Waals surface area contributed by atoms with Crippen molar-refractivity contribution in [2.24, 2.45) is 5.73 Å². The van der Waals surface area contributed by atoms with Crippen molar-refractivity contribution in [2.45, 2.75) is 37.3 Å². The summed E-state index contributed by atoms with van der Waals surface area (Å²) in [6.45, 7) is 5.81. The van der Waals surface area contributed by atoms with Gasteiger partial charge >= 0.3 is 0 Å². The molecule has 0 radical (unpaired) electrons. The Morgan fingerprint density at radius 3 is 2.61 bits per heavy atom. The lowest BCUT2D eigenvalue weighted by Gasteiger charge is -2.17. The molecule has 2 rings (SSSR count). The number of nitrogens with zero attached hydrogens (tertiary/aromatic N) is 2. The van der Waals surface area contributed by atoms with E-state index in [0.29, 0.717) is 5.22 Å². The van der Waals surface area contributed by atoms with Gasteiger partial charge in [0, 0.05) is 12.2 Å². The van der Waals surface area contributed by atoms with E-state index in [4.69, 9.17) is 10.2 Å². The topological polar surface area (TPSA) is 64.9 Å². The molecule has 0 amide bonds. The quantitative estimate of drug-likeness (QED) is 0.859. The summed E-state index contributed by atoms with van der Waals surface area (Å²) in [5, 5.41) is 0.696. The maximum atomic E-state index is 6.03. The molecule has 2 atom stereocenters. The van der Waals surface area contributed by atoms with E-state index in [9.17, 15) is 0 Å². The Bertz CT molecular complexity index is 491. The second-order valence-corrected chi connectivity index (χ2v) is 5.37. The minimum absolute atomic E-state index is 0.0302. The molecule has 18 heavy (non-hydrogen) atoms. The maximum Gasteiger partial charge on any atom is 0.256 e. The Morgan fingerprint density at radius 2 is 2.11 bits per heavy atom. The first-order chi connectivity index (χ1) is 8.58. The van der Waals surface area contributed by atoms with E-state index in [2.05, 4.69) is 9.97 Å². The molecule has 0 aromatic carbocycles. The van der Waals surface area contributed by atoms with Crippen LogP contribution in [0.15, 0.2) is 34.0 Å². The summed E-state index contributed by atoms with van der Waals surface area (Å²) in [5.41, 5.74) is 7.90. The van der Waals surface area contributed by atoms with Gasteiger partial charge in [-0.25, -0.2) is 4.98 Å². The number of hydrogen-bond donors (Lipinski definition) is 1. The number of nitrogens with two attached hydrogens (primary N) is 1. The molecule has 2 aromatic rings. The zero-order chi connectivity index (χ0) is 13.1. The predicted molar refractivity (Wildman–Crippen MR) is 72.5 cm³/mol. The Labute approximate surface area is 111 Å². The van der Waals surface area contributed by atoms with Crippen LogP contribution in [-0.2, 0) is 0 Å².